The van der Waals surface area contributed by atoms with Gasteiger partial charge in [-0.1, -0.05) is 27.7 Å². The Bertz CT molecular complexity index is 377. The highest BCUT2D eigenvalue weighted by atomic mass is 127. The Morgan fingerprint density at radius 3 is 2.54 bits per heavy atom. The van der Waals surface area contributed by atoms with E-state index in [1.165, 1.54) is 32.5 Å². The highest BCUT2D eigenvalue weighted by Gasteiger charge is 2.20. The van der Waals surface area contributed by atoms with Gasteiger partial charge in [0.05, 0.1) is 6.10 Å². The number of rotatable bonds is 10. The Balaban J connectivity index is 0.00000625. The number of hydrogen-bond donors (Lipinski definition) is 2. The van der Waals surface area contributed by atoms with E-state index >= 15 is 0 Å². The Kier molecular flexibility index (Phi) is 14.9. The molecule has 2 N–H and O–H groups in total. The van der Waals surface area contributed by atoms with Crippen molar-refractivity contribution >= 4 is 29.9 Å². The monoisotopic (exact) mass is 482 g/mol. The van der Waals surface area contributed by atoms with Gasteiger partial charge in [0.25, 0.3) is 0 Å². The van der Waals surface area contributed by atoms with Crippen LogP contribution in [0, 0.1) is 17.8 Å². The van der Waals surface area contributed by atoms with E-state index in [2.05, 4.69) is 55.1 Å². The van der Waals surface area contributed by atoms with Crippen molar-refractivity contribution in [2.45, 2.75) is 60.0 Å². The largest absolute Gasteiger partial charge is 0.378 e. The van der Waals surface area contributed by atoms with Crippen molar-refractivity contribution in [3.8, 4) is 0 Å². The number of piperidine rings is 1. The maximum Gasteiger partial charge on any atom is 0.190 e. The van der Waals surface area contributed by atoms with Crippen molar-refractivity contribution in [2.24, 2.45) is 22.7 Å². The number of nitrogens with zero attached hydrogens (tertiary/aromatic N) is 2. The van der Waals surface area contributed by atoms with Crippen LogP contribution in [-0.4, -0.2) is 63.3 Å². The minimum absolute atomic E-state index is 0. The minimum atomic E-state index is 0. The van der Waals surface area contributed by atoms with Crippen molar-refractivity contribution in [2.75, 3.05) is 46.4 Å². The van der Waals surface area contributed by atoms with Crippen LogP contribution in [0.2, 0.25) is 0 Å². The molecule has 0 radical (unpaired) electrons. The van der Waals surface area contributed by atoms with Crippen molar-refractivity contribution in [1.82, 2.24) is 15.5 Å². The molecule has 0 aromatic heterocycles. The molecule has 0 saturated carbocycles. The molecule has 26 heavy (non-hydrogen) atoms. The molecule has 0 bridgehead atoms. The summed E-state index contributed by atoms with van der Waals surface area (Å²) in [5, 5.41) is 6.96. The molecular formula is C20H43IN4O. The molecule has 1 fully saturated rings. The fourth-order valence-corrected chi connectivity index (χ4v) is 3.62. The molecule has 5 nitrogen and oxygen atoms in total. The van der Waals surface area contributed by atoms with E-state index in [-0.39, 0.29) is 24.0 Å². The second kappa shape index (κ2) is 14.9. The number of ether oxygens (including phenoxy) is 1. The molecule has 0 aromatic rings. The van der Waals surface area contributed by atoms with Gasteiger partial charge in [-0.2, -0.15) is 0 Å². The quantitative estimate of drug-likeness (QED) is 0.284. The summed E-state index contributed by atoms with van der Waals surface area (Å²) in [4.78, 5) is 6.98. The third-order valence-electron chi connectivity index (χ3n) is 4.85. The van der Waals surface area contributed by atoms with E-state index in [1.54, 1.807) is 0 Å². The van der Waals surface area contributed by atoms with Crippen molar-refractivity contribution in [3.63, 3.8) is 0 Å². The molecule has 0 spiro atoms. The fraction of sp³-hybridized carbons (Fsp3) is 0.950. The van der Waals surface area contributed by atoms with Gasteiger partial charge in [-0.15, -0.1) is 24.0 Å². The smallest absolute Gasteiger partial charge is 0.190 e. The van der Waals surface area contributed by atoms with Crippen LogP contribution in [0.4, 0.5) is 0 Å². The van der Waals surface area contributed by atoms with Crippen LogP contribution in [0.15, 0.2) is 4.99 Å². The lowest BCUT2D eigenvalue weighted by Gasteiger charge is -2.34. The van der Waals surface area contributed by atoms with Crippen molar-refractivity contribution in [3.05, 3.63) is 0 Å². The third kappa shape index (κ3) is 10.9. The van der Waals surface area contributed by atoms with Crippen molar-refractivity contribution in [1.29, 1.82) is 0 Å². The number of guanidine groups is 1. The zero-order valence-corrected chi connectivity index (χ0v) is 20.2. The highest BCUT2D eigenvalue weighted by Crippen LogP contribution is 2.16. The van der Waals surface area contributed by atoms with Gasteiger partial charge in [0, 0.05) is 39.8 Å². The standard InChI is InChI=1S/C20H42N4O.HI/c1-7-25-19(17(4)5)10-11-22-20(21-6)23-13-18-9-8-12-24(15-18)14-16(2)3;/h16-19H,7-15H2,1-6H3,(H2,21,22,23);1H. The van der Waals surface area contributed by atoms with E-state index in [0.29, 0.717) is 12.0 Å². The van der Waals surface area contributed by atoms with E-state index in [9.17, 15) is 0 Å². The Morgan fingerprint density at radius 2 is 1.96 bits per heavy atom. The highest BCUT2D eigenvalue weighted by molar-refractivity contribution is 14.0. The molecule has 0 amide bonds. The molecule has 156 valence electrons. The lowest BCUT2D eigenvalue weighted by molar-refractivity contribution is 0.0258. The van der Waals surface area contributed by atoms with Gasteiger partial charge < -0.3 is 20.3 Å². The first-order valence-electron chi connectivity index (χ1n) is 10.2. The Hall–Kier alpha value is -0.0800. The first kappa shape index (κ1) is 25.9. The van der Waals surface area contributed by atoms with E-state index in [4.69, 9.17) is 4.74 Å². The summed E-state index contributed by atoms with van der Waals surface area (Å²) in [6.07, 6.45) is 3.96. The van der Waals surface area contributed by atoms with Gasteiger partial charge in [0.2, 0.25) is 0 Å². The van der Waals surface area contributed by atoms with Crippen LogP contribution < -0.4 is 10.6 Å². The average molecular weight is 482 g/mol. The lowest BCUT2D eigenvalue weighted by atomic mass is 9.97. The van der Waals surface area contributed by atoms with Crippen LogP contribution in [0.3, 0.4) is 0 Å². The van der Waals surface area contributed by atoms with Crippen LogP contribution in [-0.2, 0) is 4.74 Å². The van der Waals surface area contributed by atoms with Gasteiger partial charge in [-0.3, -0.25) is 4.99 Å². The van der Waals surface area contributed by atoms with Crippen LogP contribution in [0.5, 0.6) is 0 Å². The van der Waals surface area contributed by atoms with E-state index in [1.807, 2.05) is 7.05 Å². The van der Waals surface area contributed by atoms with Crippen molar-refractivity contribution < 1.29 is 4.74 Å². The molecule has 1 aliphatic heterocycles. The second-order valence-electron chi connectivity index (χ2n) is 8.07. The second-order valence-corrected chi connectivity index (χ2v) is 8.07. The summed E-state index contributed by atoms with van der Waals surface area (Å²) in [6.45, 7) is 17.5. The number of halogens is 1. The first-order valence-corrected chi connectivity index (χ1v) is 10.2. The topological polar surface area (TPSA) is 48.9 Å². The summed E-state index contributed by atoms with van der Waals surface area (Å²) < 4.78 is 5.81. The summed E-state index contributed by atoms with van der Waals surface area (Å²) >= 11 is 0. The van der Waals surface area contributed by atoms with Gasteiger partial charge in [-0.05, 0) is 50.5 Å². The van der Waals surface area contributed by atoms with Crippen LogP contribution in [0.1, 0.15) is 53.9 Å². The average Bonchev–Trinajstić information content (AvgIpc) is 2.56. The van der Waals surface area contributed by atoms with Crippen LogP contribution >= 0.6 is 24.0 Å². The molecule has 0 aromatic carbocycles. The minimum Gasteiger partial charge on any atom is -0.378 e. The maximum absolute atomic E-state index is 5.81. The maximum atomic E-state index is 5.81. The molecule has 1 heterocycles. The van der Waals surface area contributed by atoms with E-state index < -0.39 is 0 Å². The molecular weight excluding hydrogens is 439 g/mol. The predicted molar refractivity (Wildman–Crippen MR) is 124 cm³/mol. The van der Waals surface area contributed by atoms with Crippen LogP contribution in [0.25, 0.3) is 0 Å². The van der Waals surface area contributed by atoms with Gasteiger partial charge >= 0.3 is 0 Å². The molecule has 1 saturated heterocycles. The van der Waals surface area contributed by atoms with Gasteiger partial charge in [-0.25, -0.2) is 0 Å². The molecule has 0 aliphatic carbocycles. The van der Waals surface area contributed by atoms with Gasteiger partial charge in [0.15, 0.2) is 5.96 Å². The number of likely N-dealkylation sites (tertiary alicyclic amines) is 1. The number of nitrogens with one attached hydrogen (secondary N) is 2. The Morgan fingerprint density at radius 1 is 1.23 bits per heavy atom. The predicted octanol–water partition coefficient (Wildman–Crippen LogP) is 3.59. The summed E-state index contributed by atoms with van der Waals surface area (Å²) in [7, 11) is 1.85. The zero-order valence-electron chi connectivity index (χ0n) is 17.9. The SMILES string of the molecule is CCOC(CCNC(=NC)NCC1CCCN(CC(C)C)C1)C(C)C.I. The molecule has 1 aliphatic rings. The van der Waals surface area contributed by atoms with E-state index in [0.717, 1.165) is 43.9 Å². The summed E-state index contributed by atoms with van der Waals surface area (Å²) in [5.74, 6) is 2.93. The summed E-state index contributed by atoms with van der Waals surface area (Å²) in [5.41, 5.74) is 0. The summed E-state index contributed by atoms with van der Waals surface area (Å²) in [6, 6.07) is 0. The molecule has 6 heteroatoms. The third-order valence-corrected chi connectivity index (χ3v) is 4.85. The Labute approximate surface area is 179 Å². The number of hydrogen-bond acceptors (Lipinski definition) is 3. The number of aliphatic imine (C=N–C) groups is 1. The molecule has 2 unspecified atom stereocenters. The zero-order chi connectivity index (χ0) is 18.7. The first-order chi connectivity index (χ1) is 12.0. The molecule has 2 atom stereocenters. The lowest BCUT2D eigenvalue weighted by Crippen LogP contribution is -2.45. The molecule has 1 rings (SSSR count). The fourth-order valence-electron chi connectivity index (χ4n) is 3.62. The normalized spacial score (nSPS) is 20.2. The van der Waals surface area contributed by atoms with Gasteiger partial charge in [0.1, 0.15) is 0 Å².